The number of urea groups is 1. The lowest BCUT2D eigenvalue weighted by atomic mass is 9.95. The fourth-order valence-electron chi connectivity index (χ4n) is 3.81. The van der Waals surface area contributed by atoms with Crippen molar-refractivity contribution < 1.29 is 18.7 Å². The Labute approximate surface area is 141 Å². The lowest BCUT2D eigenvalue weighted by Crippen LogP contribution is -2.51. The van der Waals surface area contributed by atoms with Crippen LogP contribution < -0.4 is 5.32 Å². The van der Waals surface area contributed by atoms with E-state index in [2.05, 4.69) is 5.32 Å². The summed E-state index contributed by atoms with van der Waals surface area (Å²) in [7, 11) is 5.10. The Morgan fingerprint density at radius 1 is 1.29 bits per heavy atom. The fourth-order valence-corrected chi connectivity index (χ4v) is 3.81. The number of carbonyl (C=O) groups is 2. The van der Waals surface area contributed by atoms with E-state index < -0.39 is 0 Å². The number of likely N-dealkylation sites (tertiary alicyclic amines) is 1. The molecule has 24 heavy (non-hydrogen) atoms. The molecule has 7 heteroatoms. The number of methoxy groups -OCH3 is 1. The van der Waals surface area contributed by atoms with Crippen LogP contribution in [0.4, 0.5) is 4.79 Å². The van der Waals surface area contributed by atoms with Crippen molar-refractivity contribution in [2.75, 3.05) is 34.3 Å². The Hall–Kier alpha value is -2.02. The van der Waals surface area contributed by atoms with Gasteiger partial charge in [-0.25, -0.2) is 4.79 Å². The van der Waals surface area contributed by atoms with Gasteiger partial charge in [-0.1, -0.05) is 0 Å². The number of amides is 3. The number of nitrogens with one attached hydrogen (secondary N) is 1. The van der Waals surface area contributed by atoms with Crippen LogP contribution in [0.1, 0.15) is 29.2 Å². The van der Waals surface area contributed by atoms with Crippen LogP contribution >= 0.6 is 0 Å². The molecule has 2 aliphatic rings. The second kappa shape index (κ2) is 6.84. The van der Waals surface area contributed by atoms with Crippen molar-refractivity contribution in [2.45, 2.75) is 25.5 Å². The Bertz CT molecular complexity index is 599. The third-order valence-electron chi connectivity index (χ3n) is 5.00. The number of hydrogen-bond acceptors (Lipinski definition) is 4. The number of ether oxygens (including phenoxy) is 1. The van der Waals surface area contributed by atoms with E-state index >= 15 is 0 Å². The lowest BCUT2D eigenvalue weighted by Gasteiger charge is -2.37. The summed E-state index contributed by atoms with van der Waals surface area (Å²) in [5.74, 6) is 1.54. The van der Waals surface area contributed by atoms with Crippen LogP contribution in [0, 0.1) is 11.8 Å². The molecule has 132 valence electrons. The zero-order valence-corrected chi connectivity index (χ0v) is 14.4. The van der Waals surface area contributed by atoms with Crippen molar-refractivity contribution in [1.82, 2.24) is 15.1 Å². The predicted molar refractivity (Wildman–Crippen MR) is 87.5 cm³/mol. The van der Waals surface area contributed by atoms with Gasteiger partial charge in [0.25, 0.3) is 5.91 Å². The third kappa shape index (κ3) is 3.26. The van der Waals surface area contributed by atoms with Crippen molar-refractivity contribution in [3.63, 3.8) is 0 Å². The summed E-state index contributed by atoms with van der Waals surface area (Å²) in [5, 5.41) is 2.88. The molecule has 0 spiro atoms. The van der Waals surface area contributed by atoms with Gasteiger partial charge in [-0.3, -0.25) is 4.79 Å². The molecule has 1 saturated heterocycles. The van der Waals surface area contributed by atoms with Crippen molar-refractivity contribution in [2.24, 2.45) is 11.8 Å². The Morgan fingerprint density at radius 2 is 1.96 bits per heavy atom. The molecular formula is C17H25N3O4. The highest BCUT2D eigenvalue weighted by Crippen LogP contribution is 2.38. The van der Waals surface area contributed by atoms with Crippen molar-refractivity contribution in [1.29, 1.82) is 0 Å². The third-order valence-corrected chi connectivity index (χ3v) is 5.00. The quantitative estimate of drug-likeness (QED) is 0.906. The maximum Gasteiger partial charge on any atom is 0.317 e. The molecule has 3 amide bonds. The average Bonchev–Trinajstić information content (AvgIpc) is 3.13. The summed E-state index contributed by atoms with van der Waals surface area (Å²) < 4.78 is 11.1. The summed E-state index contributed by atoms with van der Waals surface area (Å²) in [4.78, 5) is 27.5. The number of nitrogens with zero attached hydrogens (tertiary/aromatic N) is 2. The minimum atomic E-state index is -0.189. The molecule has 1 unspecified atom stereocenters. The van der Waals surface area contributed by atoms with Gasteiger partial charge in [0.1, 0.15) is 5.76 Å². The number of hydrogen-bond donors (Lipinski definition) is 1. The van der Waals surface area contributed by atoms with E-state index in [4.69, 9.17) is 9.15 Å². The van der Waals surface area contributed by atoms with E-state index in [-0.39, 0.29) is 24.2 Å². The Morgan fingerprint density at radius 3 is 2.54 bits per heavy atom. The number of carbonyl (C=O) groups excluding carboxylic acids is 2. The minimum absolute atomic E-state index is 0.0849. The molecule has 0 aromatic carbocycles. The number of fused-ring (bicyclic) bond motifs is 2. The van der Waals surface area contributed by atoms with Gasteiger partial charge in [0.15, 0.2) is 5.76 Å². The van der Waals surface area contributed by atoms with Gasteiger partial charge >= 0.3 is 6.03 Å². The van der Waals surface area contributed by atoms with Gasteiger partial charge in [0, 0.05) is 46.1 Å². The summed E-state index contributed by atoms with van der Waals surface area (Å²) in [6.07, 6.45) is 2.54. The molecule has 3 rings (SSSR count). The maximum atomic E-state index is 12.4. The predicted octanol–water partition coefficient (Wildman–Crippen LogP) is 1.55. The normalized spacial score (nSPS) is 25.6. The molecule has 7 nitrogen and oxygen atoms in total. The monoisotopic (exact) mass is 335 g/mol. The summed E-state index contributed by atoms with van der Waals surface area (Å²) in [6.45, 7) is 1.76. The minimum Gasteiger partial charge on any atom is -0.454 e. The average molecular weight is 335 g/mol. The fraction of sp³-hybridized carbons (Fsp3) is 0.647. The van der Waals surface area contributed by atoms with Crippen LogP contribution in [0.15, 0.2) is 16.5 Å². The zero-order valence-electron chi connectivity index (χ0n) is 14.4. The van der Waals surface area contributed by atoms with Crippen LogP contribution in [0.25, 0.3) is 0 Å². The van der Waals surface area contributed by atoms with E-state index in [0.29, 0.717) is 23.7 Å². The van der Waals surface area contributed by atoms with Crippen LogP contribution in [-0.4, -0.2) is 62.1 Å². The number of furan rings is 1. The van der Waals surface area contributed by atoms with E-state index in [1.165, 1.54) is 4.90 Å². The first-order chi connectivity index (χ1) is 11.5. The number of rotatable bonds is 4. The topological polar surface area (TPSA) is 75.0 Å². The highest BCUT2D eigenvalue weighted by molar-refractivity contribution is 5.91. The van der Waals surface area contributed by atoms with E-state index in [0.717, 1.165) is 25.9 Å². The summed E-state index contributed by atoms with van der Waals surface area (Å²) in [6, 6.07) is 3.27. The highest BCUT2D eigenvalue weighted by Gasteiger charge is 2.43. The molecule has 3 atom stereocenters. The molecule has 1 aromatic rings. The standard InChI is InChI=1S/C17H25N3O4/c1-19(2)16(21)14-7-6-13(24-14)8-18-17(22)20-9-11-4-5-12(10-20)15(11)23-3/h6-7,11-12,15H,4-5,8-10H2,1-3H3,(H,18,22)/t11-,12+,15?. The van der Waals surface area contributed by atoms with Gasteiger partial charge in [-0.15, -0.1) is 0 Å². The molecule has 0 radical (unpaired) electrons. The van der Waals surface area contributed by atoms with Gasteiger partial charge < -0.3 is 24.3 Å². The second-order valence-electron chi connectivity index (χ2n) is 6.83. The van der Waals surface area contributed by atoms with Gasteiger partial charge in [0.05, 0.1) is 12.6 Å². The largest absolute Gasteiger partial charge is 0.454 e. The van der Waals surface area contributed by atoms with Crippen molar-refractivity contribution in [3.05, 3.63) is 23.7 Å². The molecule has 2 bridgehead atoms. The van der Waals surface area contributed by atoms with E-state index in [9.17, 15) is 9.59 Å². The first-order valence-corrected chi connectivity index (χ1v) is 8.35. The molecular weight excluding hydrogens is 310 g/mol. The molecule has 1 saturated carbocycles. The van der Waals surface area contributed by atoms with Gasteiger partial charge in [0.2, 0.25) is 0 Å². The lowest BCUT2D eigenvalue weighted by molar-refractivity contribution is -0.00513. The summed E-state index contributed by atoms with van der Waals surface area (Å²) in [5.41, 5.74) is 0. The van der Waals surface area contributed by atoms with Gasteiger partial charge in [-0.2, -0.15) is 0 Å². The first kappa shape index (κ1) is 16.8. The van der Waals surface area contributed by atoms with Crippen molar-refractivity contribution in [3.8, 4) is 0 Å². The van der Waals surface area contributed by atoms with E-state index in [1.807, 2.05) is 4.90 Å². The molecule has 1 aromatic heterocycles. The zero-order chi connectivity index (χ0) is 17.3. The SMILES string of the molecule is COC1[C@@H]2CC[C@H]1CN(C(=O)NCc1ccc(C(=O)N(C)C)o1)C2. The smallest absolute Gasteiger partial charge is 0.317 e. The first-order valence-electron chi connectivity index (χ1n) is 8.35. The van der Waals surface area contributed by atoms with Crippen LogP contribution in [-0.2, 0) is 11.3 Å². The molecule has 1 aliphatic heterocycles. The number of piperidine rings is 1. The van der Waals surface area contributed by atoms with E-state index in [1.54, 1.807) is 33.3 Å². The highest BCUT2D eigenvalue weighted by atomic mass is 16.5. The van der Waals surface area contributed by atoms with Gasteiger partial charge in [-0.05, 0) is 25.0 Å². The van der Waals surface area contributed by atoms with Crippen molar-refractivity contribution >= 4 is 11.9 Å². The molecule has 2 fully saturated rings. The Balaban J connectivity index is 1.52. The molecule has 2 heterocycles. The Kier molecular flexibility index (Phi) is 4.80. The second-order valence-corrected chi connectivity index (χ2v) is 6.83. The molecule has 1 N–H and O–H groups in total. The maximum absolute atomic E-state index is 12.4. The van der Waals surface area contributed by atoms with Crippen LogP contribution in [0.5, 0.6) is 0 Å². The van der Waals surface area contributed by atoms with Crippen LogP contribution in [0.3, 0.4) is 0 Å². The molecule has 1 aliphatic carbocycles. The summed E-state index contributed by atoms with van der Waals surface area (Å²) >= 11 is 0. The van der Waals surface area contributed by atoms with Crippen LogP contribution in [0.2, 0.25) is 0 Å².